The molecule has 1 N–H and O–H groups in total. The predicted octanol–water partition coefficient (Wildman–Crippen LogP) is 4.52. The highest BCUT2D eigenvalue weighted by Crippen LogP contribution is 2.42. The highest BCUT2D eigenvalue weighted by atomic mass is 16.1. The molecular weight excluding hydrogens is 270 g/mol. The molecule has 1 amide bonds. The third-order valence-corrected chi connectivity index (χ3v) is 4.83. The molecule has 2 heteroatoms. The molecule has 2 atom stereocenters. The molecule has 1 aliphatic carbocycles. The summed E-state index contributed by atoms with van der Waals surface area (Å²) >= 11 is 0. The van der Waals surface area contributed by atoms with Crippen molar-refractivity contribution in [3.63, 3.8) is 0 Å². The van der Waals surface area contributed by atoms with Crippen LogP contribution in [0.15, 0.2) is 36.6 Å². The van der Waals surface area contributed by atoms with E-state index in [0.29, 0.717) is 5.92 Å². The Hall–Kier alpha value is -1.83. The Bertz CT molecular complexity index is 648. The highest BCUT2D eigenvalue weighted by molar-refractivity contribution is 5.81. The van der Waals surface area contributed by atoms with E-state index in [1.807, 2.05) is 0 Å². The van der Waals surface area contributed by atoms with Crippen LogP contribution in [0.25, 0.3) is 6.08 Å². The Morgan fingerprint density at radius 1 is 1.32 bits per heavy atom. The van der Waals surface area contributed by atoms with Gasteiger partial charge in [0.2, 0.25) is 5.91 Å². The third-order valence-electron chi connectivity index (χ3n) is 4.83. The van der Waals surface area contributed by atoms with Gasteiger partial charge in [0, 0.05) is 17.5 Å². The molecule has 0 aromatic heterocycles. The minimum Gasteiger partial charge on any atom is -0.330 e. The van der Waals surface area contributed by atoms with E-state index in [0.717, 1.165) is 25.0 Å². The van der Waals surface area contributed by atoms with Crippen LogP contribution in [0, 0.1) is 5.92 Å². The van der Waals surface area contributed by atoms with Gasteiger partial charge in [-0.2, -0.15) is 0 Å². The van der Waals surface area contributed by atoms with Gasteiger partial charge in [-0.3, -0.25) is 4.79 Å². The van der Waals surface area contributed by atoms with Crippen LogP contribution >= 0.6 is 0 Å². The van der Waals surface area contributed by atoms with Gasteiger partial charge in [-0.05, 0) is 41.4 Å². The largest absolute Gasteiger partial charge is 0.330 e. The maximum Gasteiger partial charge on any atom is 0.227 e. The molecule has 1 aliphatic heterocycles. The summed E-state index contributed by atoms with van der Waals surface area (Å²) in [5.74, 6) is 0.595. The lowest BCUT2D eigenvalue weighted by atomic mass is 9.77. The van der Waals surface area contributed by atoms with Crippen molar-refractivity contribution in [2.24, 2.45) is 5.92 Å². The molecule has 2 unspecified atom stereocenters. The van der Waals surface area contributed by atoms with Gasteiger partial charge in [-0.25, -0.2) is 0 Å². The lowest BCUT2D eigenvalue weighted by molar-refractivity contribution is -0.125. The number of rotatable bonds is 2. The summed E-state index contributed by atoms with van der Waals surface area (Å²) < 4.78 is 0. The van der Waals surface area contributed by atoms with Crippen molar-refractivity contribution in [1.82, 2.24) is 5.32 Å². The summed E-state index contributed by atoms with van der Waals surface area (Å²) in [6, 6.07) is 6.56. The first-order chi connectivity index (χ1) is 10.4. The summed E-state index contributed by atoms with van der Waals surface area (Å²) in [6.45, 7) is 10.6. The Kier molecular flexibility index (Phi) is 3.72. The van der Waals surface area contributed by atoms with Crippen LogP contribution < -0.4 is 5.32 Å². The van der Waals surface area contributed by atoms with Crippen molar-refractivity contribution in [2.45, 2.75) is 51.4 Å². The minimum atomic E-state index is 0.0964. The van der Waals surface area contributed by atoms with Crippen molar-refractivity contribution in [2.75, 3.05) is 0 Å². The zero-order valence-electron chi connectivity index (χ0n) is 13.8. The molecule has 0 spiro atoms. The molecule has 2 nitrogen and oxygen atoms in total. The molecule has 0 saturated carbocycles. The SMILES string of the molecule is C=C1CCC(CC2C=Cc3cccc(C(C)(C)C)c32)C(=O)N1. The maximum absolute atomic E-state index is 12.2. The highest BCUT2D eigenvalue weighted by Gasteiger charge is 2.31. The van der Waals surface area contributed by atoms with Crippen molar-refractivity contribution in [1.29, 1.82) is 0 Å². The second-order valence-electron chi connectivity index (χ2n) is 7.59. The van der Waals surface area contributed by atoms with E-state index in [9.17, 15) is 4.79 Å². The number of piperidine rings is 1. The third kappa shape index (κ3) is 2.75. The normalized spacial score (nSPS) is 24.3. The molecule has 116 valence electrons. The van der Waals surface area contributed by atoms with Crippen molar-refractivity contribution >= 4 is 12.0 Å². The zero-order valence-corrected chi connectivity index (χ0v) is 13.8. The fraction of sp³-hybridized carbons (Fsp3) is 0.450. The molecule has 1 saturated heterocycles. The first kappa shape index (κ1) is 15.1. The van der Waals surface area contributed by atoms with Crippen LogP contribution in [0.4, 0.5) is 0 Å². The lowest BCUT2D eigenvalue weighted by Gasteiger charge is -2.29. The maximum atomic E-state index is 12.2. The van der Waals surface area contributed by atoms with Gasteiger partial charge in [0.15, 0.2) is 0 Å². The number of nitrogens with one attached hydrogen (secondary N) is 1. The van der Waals surface area contributed by atoms with Gasteiger partial charge in [0.05, 0.1) is 0 Å². The van der Waals surface area contributed by atoms with Crippen LogP contribution in [0.1, 0.15) is 62.6 Å². The monoisotopic (exact) mass is 295 g/mol. The number of carbonyl (C=O) groups is 1. The van der Waals surface area contributed by atoms with Gasteiger partial charge in [-0.1, -0.05) is 57.7 Å². The standard InChI is InChI=1S/C20H25NO/c1-13-8-9-16(19(22)21-13)12-15-11-10-14-6-5-7-17(18(14)15)20(2,3)4/h5-7,10-11,15-16H,1,8-9,12H2,2-4H3,(H,21,22). The Morgan fingerprint density at radius 2 is 2.09 bits per heavy atom. The summed E-state index contributed by atoms with van der Waals surface area (Å²) in [6.07, 6.45) is 7.21. The van der Waals surface area contributed by atoms with Gasteiger partial charge in [0.1, 0.15) is 0 Å². The first-order valence-corrected chi connectivity index (χ1v) is 8.16. The van der Waals surface area contributed by atoms with E-state index in [4.69, 9.17) is 0 Å². The molecule has 1 fully saturated rings. The van der Waals surface area contributed by atoms with Gasteiger partial charge < -0.3 is 5.32 Å². The summed E-state index contributed by atoms with van der Waals surface area (Å²) in [7, 11) is 0. The average Bonchev–Trinajstić information content (AvgIpc) is 2.84. The van der Waals surface area contributed by atoms with Gasteiger partial charge in [0.25, 0.3) is 0 Å². The summed E-state index contributed by atoms with van der Waals surface area (Å²) in [5.41, 5.74) is 5.13. The fourth-order valence-electron chi connectivity index (χ4n) is 3.66. The quantitative estimate of drug-likeness (QED) is 0.853. The fourth-order valence-corrected chi connectivity index (χ4v) is 3.66. The topological polar surface area (TPSA) is 29.1 Å². The van der Waals surface area contributed by atoms with Crippen LogP contribution in [0.5, 0.6) is 0 Å². The van der Waals surface area contributed by atoms with Crippen molar-refractivity contribution in [3.05, 3.63) is 53.2 Å². The molecule has 0 bridgehead atoms. The minimum absolute atomic E-state index is 0.0964. The molecule has 0 radical (unpaired) electrons. The Balaban J connectivity index is 1.87. The smallest absolute Gasteiger partial charge is 0.227 e. The first-order valence-electron chi connectivity index (χ1n) is 8.16. The number of hydrogen-bond donors (Lipinski definition) is 1. The van der Waals surface area contributed by atoms with E-state index in [2.05, 4.69) is 63.0 Å². The predicted molar refractivity (Wildman–Crippen MR) is 91.5 cm³/mol. The Labute approximate surface area is 133 Å². The van der Waals surface area contributed by atoms with Gasteiger partial charge >= 0.3 is 0 Å². The number of allylic oxidation sites excluding steroid dienone is 2. The number of fused-ring (bicyclic) bond motifs is 1. The van der Waals surface area contributed by atoms with Crippen LogP contribution in [0.2, 0.25) is 0 Å². The number of carbonyl (C=O) groups excluding carboxylic acids is 1. The molecular formula is C20H25NO. The lowest BCUT2D eigenvalue weighted by Crippen LogP contribution is -2.35. The number of hydrogen-bond acceptors (Lipinski definition) is 1. The number of amides is 1. The Morgan fingerprint density at radius 3 is 2.77 bits per heavy atom. The summed E-state index contributed by atoms with van der Waals surface area (Å²) in [5, 5.41) is 2.91. The van der Waals surface area contributed by atoms with Crippen molar-refractivity contribution in [3.8, 4) is 0 Å². The van der Waals surface area contributed by atoms with E-state index in [1.54, 1.807) is 0 Å². The second kappa shape index (κ2) is 5.42. The summed E-state index contributed by atoms with van der Waals surface area (Å²) in [4.78, 5) is 12.2. The van der Waals surface area contributed by atoms with E-state index in [1.165, 1.54) is 16.7 Å². The number of benzene rings is 1. The van der Waals surface area contributed by atoms with Crippen molar-refractivity contribution < 1.29 is 4.79 Å². The van der Waals surface area contributed by atoms with Gasteiger partial charge in [-0.15, -0.1) is 0 Å². The van der Waals surface area contributed by atoms with E-state index >= 15 is 0 Å². The van der Waals surface area contributed by atoms with E-state index < -0.39 is 0 Å². The van der Waals surface area contributed by atoms with Crippen LogP contribution in [-0.4, -0.2) is 5.91 Å². The van der Waals surface area contributed by atoms with E-state index in [-0.39, 0.29) is 17.2 Å². The molecule has 1 aromatic carbocycles. The average molecular weight is 295 g/mol. The molecule has 1 heterocycles. The molecule has 1 aromatic rings. The zero-order chi connectivity index (χ0) is 15.9. The molecule has 2 aliphatic rings. The molecule has 3 rings (SSSR count). The molecule has 22 heavy (non-hydrogen) atoms. The van der Waals surface area contributed by atoms with Crippen LogP contribution in [0.3, 0.4) is 0 Å². The van der Waals surface area contributed by atoms with Crippen LogP contribution in [-0.2, 0) is 10.2 Å². The second-order valence-corrected chi connectivity index (χ2v) is 7.59.